The van der Waals surface area contributed by atoms with E-state index in [4.69, 9.17) is 10.5 Å². The summed E-state index contributed by atoms with van der Waals surface area (Å²) in [4.78, 5) is 29.6. The number of nitrogen functional groups attached to an aromatic ring is 1. The van der Waals surface area contributed by atoms with E-state index in [0.717, 1.165) is 5.56 Å². The highest BCUT2D eigenvalue weighted by Gasteiger charge is 2.13. The maximum absolute atomic E-state index is 12.5. The summed E-state index contributed by atoms with van der Waals surface area (Å²) >= 11 is 0. The Morgan fingerprint density at radius 3 is 2.39 bits per heavy atom. The third-order valence-corrected chi connectivity index (χ3v) is 4.15. The highest BCUT2D eigenvalue weighted by Crippen LogP contribution is 2.24. The lowest BCUT2D eigenvalue weighted by Crippen LogP contribution is -2.04. The van der Waals surface area contributed by atoms with Gasteiger partial charge in [-0.05, 0) is 6.92 Å². The van der Waals surface area contributed by atoms with Crippen molar-refractivity contribution < 1.29 is 9.53 Å². The van der Waals surface area contributed by atoms with Crippen LogP contribution < -0.4 is 10.5 Å². The van der Waals surface area contributed by atoms with Crippen LogP contribution >= 0.6 is 0 Å². The zero-order valence-corrected chi connectivity index (χ0v) is 15.2. The molecule has 2 heterocycles. The zero-order valence-electron chi connectivity index (χ0n) is 15.2. The molecule has 2 aromatic carbocycles. The molecule has 0 saturated carbocycles. The first-order valence-corrected chi connectivity index (χ1v) is 8.79. The monoisotopic (exact) mass is 371 g/mol. The fourth-order valence-electron chi connectivity index (χ4n) is 2.82. The molecule has 0 aliphatic carbocycles. The summed E-state index contributed by atoms with van der Waals surface area (Å²) in [6.07, 6.45) is 1.61. The van der Waals surface area contributed by atoms with Crippen LogP contribution in [0.1, 0.15) is 22.8 Å². The summed E-state index contributed by atoms with van der Waals surface area (Å²) in [5.41, 5.74) is 9.21. The quantitative estimate of drug-likeness (QED) is 0.537. The molecular weight excluding hydrogens is 354 g/mol. The van der Waals surface area contributed by atoms with Crippen molar-refractivity contribution in [2.75, 3.05) is 12.3 Å². The first-order valence-electron chi connectivity index (χ1n) is 8.79. The third kappa shape index (κ3) is 3.37. The number of rotatable bonds is 5. The second kappa shape index (κ2) is 7.40. The topological polar surface area (TPSA) is 104 Å². The molecule has 0 aliphatic heterocycles. The summed E-state index contributed by atoms with van der Waals surface area (Å²) in [5, 5.41) is 0. The number of nitrogens with zero attached hydrogens (tertiary/aromatic N) is 4. The molecular formula is C21H17N5O2. The van der Waals surface area contributed by atoms with Gasteiger partial charge >= 0.3 is 0 Å². The van der Waals surface area contributed by atoms with E-state index in [2.05, 4.69) is 19.9 Å². The Morgan fingerprint density at radius 2 is 1.68 bits per heavy atom. The van der Waals surface area contributed by atoms with Gasteiger partial charge in [-0.25, -0.2) is 9.97 Å². The molecule has 0 radical (unpaired) electrons. The molecule has 28 heavy (non-hydrogen) atoms. The molecule has 4 aromatic rings. The van der Waals surface area contributed by atoms with Crippen LogP contribution in [0, 0.1) is 0 Å². The van der Waals surface area contributed by atoms with Crippen molar-refractivity contribution in [1.29, 1.82) is 0 Å². The predicted molar refractivity (Wildman–Crippen MR) is 106 cm³/mol. The predicted octanol–water partition coefficient (Wildman–Crippen LogP) is 3.30. The summed E-state index contributed by atoms with van der Waals surface area (Å²) in [6, 6.07) is 16.4. The number of hydrogen-bond acceptors (Lipinski definition) is 7. The van der Waals surface area contributed by atoms with E-state index in [1.807, 2.05) is 37.3 Å². The van der Waals surface area contributed by atoms with Gasteiger partial charge in [0.15, 0.2) is 16.9 Å². The fraction of sp³-hybridized carbons (Fsp3) is 0.0952. The number of hydrogen-bond donors (Lipinski definition) is 1. The van der Waals surface area contributed by atoms with Gasteiger partial charge in [-0.2, -0.15) is 9.97 Å². The minimum Gasteiger partial charge on any atom is -0.476 e. The maximum atomic E-state index is 12.5. The van der Waals surface area contributed by atoms with Gasteiger partial charge in [-0.3, -0.25) is 4.79 Å². The molecule has 7 nitrogen and oxygen atoms in total. The molecule has 0 fully saturated rings. The highest BCUT2D eigenvalue weighted by atomic mass is 16.5. The van der Waals surface area contributed by atoms with E-state index < -0.39 is 0 Å². The van der Waals surface area contributed by atoms with Crippen molar-refractivity contribution in [2.45, 2.75) is 6.92 Å². The molecule has 0 bridgehead atoms. The lowest BCUT2D eigenvalue weighted by atomic mass is 10.0. The van der Waals surface area contributed by atoms with E-state index >= 15 is 0 Å². The smallest absolute Gasteiger partial charge is 0.247 e. The van der Waals surface area contributed by atoms with E-state index in [-0.39, 0.29) is 11.7 Å². The number of fused-ring (bicyclic) bond motifs is 1. The van der Waals surface area contributed by atoms with Gasteiger partial charge in [0.1, 0.15) is 0 Å². The van der Waals surface area contributed by atoms with Crippen molar-refractivity contribution in [1.82, 2.24) is 19.9 Å². The van der Waals surface area contributed by atoms with Crippen LogP contribution in [0.3, 0.4) is 0 Å². The number of anilines is 1. The second-order valence-corrected chi connectivity index (χ2v) is 6.02. The van der Waals surface area contributed by atoms with Crippen LogP contribution in [0.4, 0.5) is 5.95 Å². The number of carbonyl (C=O) groups is 1. The standard InChI is InChI=1S/C21H17N5O2/c1-2-28-20-17-19(25-21(22)26-20)23-12-16(24-17)13-8-10-15(11-9-13)18(27)14-6-4-3-5-7-14/h3-12H,2H2,1H3,(H2,22,23,25,26). The van der Waals surface area contributed by atoms with Crippen LogP contribution in [-0.2, 0) is 0 Å². The van der Waals surface area contributed by atoms with Crippen LogP contribution in [0.2, 0.25) is 0 Å². The van der Waals surface area contributed by atoms with Gasteiger partial charge in [0, 0.05) is 16.7 Å². The summed E-state index contributed by atoms with van der Waals surface area (Å²) in [5.74, 6) is 0.358. The zero-order chi connectivity index (χ0) is 19.5. The van der Waals surface area contributed by atoms with Gasteiger partial charge in [0.2, 0.25) is 11.8 Å². The first kappa shape index (κ1) is 17.5. The molecule has 0 amide bonds. The fourth-order valence-corrected chi connectivity index (χ4v) is 2.82. The molecule has 0 spiro atoms. The van der Waals surface area contributed by atoms with Gasteiger partial charge in [0.25, 0.3) is 0 Å². The molecule has 7 heteroatoms. The van der Waals surface area contributed by atoms with Crippen LogP contribution in [0.15, 0.2) is 60.8 Å². The van der Waals surface area contributed by atoms with Gasteiger partial charge in [-0.1, -0.05) is 54.6 Å². The summed E-state index contributed by atoms with van der Waals surface area (Å²) in [6.45, 7) is 2.28. The van der Waals surface area contributed by atoms with Crippen LogP contribution in [-0.4, -0.2) is 32.3 Å². The number of carbonyl (C=O) groups excluding carboxylic acids is 1. The molecule has 0 unspecified atom stereocenters. The normalized spacial score (nSPS) is 10.8. The number of ketones is 1. The van der Waals surface area contributed by atoms with Gasteiger partial charge in [0.05, 0.1) is 18.5 Å². The average Bonchev–Trinajstić information content (AvgIpc) is 2.74. The van der Waals surface area contributed by atoms with Crippen molar-refractivity contribution in [3.05, 3.63) is 71.9 Å². The maximum Gasteiger partial charge on any atom is 0.247 e. The van der Waals surface area contributed by atoms with Crippen LogP contribution in [0.5, 0.6) is 5.88 Å². The summed E-state index contributed by atoms with van der Waals surface area (Å²) < 4.78 is 5.51. The first-order chi connectivity index (χ1) is 13.7. The van der Waals surface area contributed by atoms with E-state index in [9.17, 15) is 4.79 Å². The van der Waals surface area contributed by atoms with E-state index in [0.29, 0.717) is 40.5 Å². The number of benzene rings is 2. The Morgan fingerprint density at radius 1 is 0.964 bits per heavy atom. The number of ether oxygens (including phenoxy) is 1. The number of nitrogens with two attached hydrogens (primary N) is 1. The molecule has 0 saturated heterocycles. The van der Waals surface area contributed by atoms with Gasteiger partial charge < -0.3 is 10.5 Å². The Balaban J connectivity index is 1.69. The molecule has 138 valence electrons. The largest absolute Gasteiger partial charge is 0.476 e. The second-order valence-electron chi connectivity index (χ2n) is 6.02. The van der Waals surface area contributed by atoms with E-state index in [1.165, 1.54) is 0 Å². The Labute approximate surface area is 161 Å². The molecule has 2 N–H and O–H groups in total. The minimum atomic E-state index is -0.0285. The highest BCUT2D eigenvalue weighted by molar-refractivity contribution is 6.09. The molecule has 0 atom stereocenters. The molecule has 4 rings (SSSR count). The Kier molecular flexibility index (Phi) is 4.63. The average molecular weight is 371 g/mol. The third-order valence-electron chi connectivity index (χ3n) is 4.15. The molecule has 0 aliphatic rings. The van der Waals surface area contributed by atoms with Crippen molar-refractivity contribution in [3.63, 3.8) is 0 Å². The minimum absolute atomic E-state index is 0.0285. The number of aromatic nitrogens is 4. The Hall–Kier alpha value is -3.87. The SMILES string of the molecule is CCOc1nc(N)nc2ncc(-c3ccc(C(=O)c4ccccc4)cc3)nc12. The Bertz CT molecular complexity index is 1140. The van der Waals surface area contributed by atoms with Crippen molar-refractivity contribution >= 4 is 22.9 Å². The lowest BCUT2D eigenvalue weighted by Gasteiger charge is -2.08. The van der Waals surface area contributed by atoms with Crippen molar-refractivity contribution in [2.24, 2.45) is 0 Å². The van der Waals surface area contributed by atoms with Crippen LogP contribution in [0.25, 0.3) is 22.4 Å². The lowest BCUT2D eigenvalue weighted by molar-refractivity contribution is 0.103. The van der Waals surface area contributed by atoms with Gasteiger partial charge in [-0.15, -0.1) is 0 Å². The molecule has 2 aromatic heterocycles. The van der Waals surface area contributed by atoms with Crippen molar-refractivity contribution in [3.8, 4) is 17.1 Å². The summed E-state index contributed by atoms with van der Waals surface area (Å²) in [7, 11) is 0. The van der Waals surface area contributed by atoms with E-state index in [1.54, 1.807) is 30.5 Å².